The summed E-state index contributed by atoms with van der Waals surface area (Å²) in [5.74, 6) is 0.498. The Labute approximate surface area is 208 Å². The van der Waals surface area contributed by atoms with Crippen molar-refractivity contribution in [3.05, 3.63) is 131 Å². The van der Waals surface area contributed by atoms with E-state index in [1.807, 2.05) is 78.9 Å². The molecule has 0 bridgehead atoms. The van der Waals surface area contributed by atoms with Gasteiger partial charge in [-0.1, -0.05) is 91.0 Å². The van der Waals surface area contributed by atoms with Crippen LogP contribution in [0, 0.1) is 10.1 Å². The molecular formula is C29H21N5O2. The van der Waals surface area contributed by atoms with E-state index in [0.29, 0.717) is 11.4 Å². The lowest BCUT2D eigenvalue weighted by molar-refractivity contribution is -0.384. The zero-order valence-corrected chi connectivity index (χ0v) is 19.2. The predicted molar refractivity (Wildman–Crippen MR) is 143 cm³/mol. The van der Waals surface area contributed by atoms with Gasteiger partial charge in [-0.05, 0) is 28.8 Å². The number of non-ortho nitro benzene ring substituents is 1. The fourth-order valence-electron chi connectivity index (χ4n) is 3.93. The topological polar surface area (TPSA) is 93.3 Å². The molecule has 0 aliphatic carbocycles. The lowest BCUT2D eigenvalue weighted by atomic mass is 9.91. The normalized spacial score (nSPS) is 10.9. The summed E-state index contributed by atoms with van der Waals surface area (Å²) in [4.78, 5) is 10.5. The van der Waals surface area contributed by atoms with Crippen LogP contribution in [0.4, 0.5) is 11.5 Å². The van der Waals surface area contributed by atoms with Crippen molar-refractivity contribution in [1.82, 2.24) is 10.2 Å². The van der Waals surface area contributed by atoms with Gasteiger partial charge < -0.3 is 0 Å². The van der Waals surface area contributed by atoms with Crippen LogP contribution in [0.5, 0.6) is 0 Å². The molecule has 7 nitrogen and oxygen atoms in total. The minimum atomic E-state index is -0.430. The van der Waals surface area contributed by atoms with E-state index in [1.54, 1.807) is 18.3 Å². The summed E-state index contributed by atoms with van der Waals surface area (Å²) in [6, 6.07) is 36.2. The average Bonchev–Trinajstić information content (AvgIpc) is 2.94. The zero-order valence-electron chi connectivity index (χ0n) is 19.2. The fourth-order valence-corrected chi connectivity index (χ4v) is 3.93. The van der Waals surface area contributed by atoms with E-state index < -0.39 is 4.92 Å². The van der Waals surface area contributed by atoms with Crippen LogP contribution in [0.2, 0.25) is 0 Å². The van der Waals surface area contributed by atoms with Gasteiger partial charge >= 0.3 is 0 Å². The molecule has 4 aromatic carbocycles. The van der Waals surface area contributed by atoms with Crippen molar-refractivity contribution in [3.8, 4) is 33.5 Å². The largest absolute Gasteiger partial charge is 0.269 e. The second kappa shape index (κ2) is 10.4. The summed E-state index contributed by atoms with van der Waals surface area (Å²) in [7, 11) is 0. The average molecular weight is 472 g/mol. The van der Waals surface area contributed by atoms with Crippen LogP contribution < -0.4 is 5.43 Å². The number of nitrogens with zero attached hydrogens (tertiary/aromatic N) is 4. The molecule has 1 heterocycles. The maximum Gasteiger partial charge on any atom is 0.269 e. The van der Waals surface area contributed by atoms with Gasteiger partial charge in [0.2, 0.25) is 0 Å². The summed E-state index contributed by atoms with van der Waals surface area (Å²) in [6.07, 6.45) is 1.59. The van der Waals surface area contributed by atoms with Crippen molar-refractivity contribution in [2.24, 2.45) is 5.10 Å². The minimum Gasteiger partial charge on any atom is -0.259 e. The number of nitro benzene ring substituents is 1. The van der Waals surface area contributed by atoms with Crippen molar-refractivity contribution in [1.29, 1.82) is 0 Å². The number of hydrazone groups is 1. The quantitative estimate of drug-likeness (QED) is 0.159. The number of benzene rings is 4. The van der Waals surface area contributed by atoms with Gasteiger partial charge in [-0.15, -0.1) is 10.2 Å². The number of anilines is 1. The van der Waals surface area contributed by atoms with Crippen LogP contribution in [0.3, 0.4) is 0 Å². The van der Waals surface area contributed by atoms with Crippen molar-refractivity contribution in [2.75, 3.05) is 5.43 Å². The molecule has 0 saturated heterocycles. The second-order valence-corrected chi connectivity index (χ2v) is 7.96. The minimum absolute atomic E-state index is 0.0290. The van der Waals surface area contributed by atoms with E-state index in [0.717, 1.165) is 33.5 Å². The number of nitrogens with one attached hydrogen (secondary N) is 1. The molecule has 0 radical (unpaired) electrons. The molecule has 0 fully saturated rings. The summed E-state index contributed by atoms with van der Waals surface area (Å²) in [6.45, 7) is 0. The van der Waals surface area contributed by atoms with Crippen molar-refractivity contribution in [3.63, 3.8) is 0 Å². The Balaban J connectivity index is 1.63. The monoisotopic (exact) mass is 471 g/mol. The van der Waals surface area contributed by atoms with Gasteiger partial charge in [-0.25, -0.2) is 0 Å². The maximum absolute atomic E-state index is 10.9. The molecule has 36 heavy (non-hydrogen) atoms. The van der Waals surface area contributed by atoms with Gasteiger partial charge in [0.1, 0.15) is 5.69 Å². The van der Waals surface area contributed by atoms with Crippen molar-refractivity contribution in [2.45, 2.75) is 0 Å². The van der Waals surface area contributed by atoms with Crippen LogP contribution in [0.1, 0.15) is 5.56 Å². The van der Waals surface area contributed by atoms with Gasteiger partial charge in [0.15, 0.2) is 5.82 Å². The SMILES string of the molecule is O=[N+]([O-])c1ccc(/C=N/Nc2nnc(-c3ccccc3)c(-c3ccccc3)c2-c2ccccc2)cc1. The molecule has 174 valence electrons. The molecule has 0 aliphatic rings. The summed E-state index contributed by atoms with van der Waals surface area (Å²) in [5.41, 5.74) is 9.31. The Morgan fingerprint density at radius 2 is 1.19 bits per heavy atom. The molecule has 0 aliphatic heterocycles. The third-order valence-corrected chi connectivity index (χ3v) is 5.63. The number of hydrogen-bond acceptors (Lipinski definition) is 6. The lowest BCUT2D eigenvalue weighted by Crippen LogP contribution is -2.03. The first-order chi connectivity index (χ1) is 17.7. The molecule has 1 aromatic heterocycles. The Bertz CT molecular complexity index is 1500. The Morgan fingerprint density at radius 3 is 1.75 bits per heavy atom. The van der Waals surface area contributed by atoms with E-state index in [4.69, 9.17) is 0 Å². The molecule has 1 N–H and O–H groups in total. The van der Waals surface area contributed by atoms with Crippen molar-refractivity contribution < 1.29 is 4.92 Å². The predicted octanol–water partition coefficient (Wildman–Crippen LogP) is 6.83. The van der Waals surface area contributed by atoms with Crippen LogP contribution in [-0.4, -0.2) is 21.3 Å². The number of rotatable bonds is 7. The smallest absolute Gasteiger partial charge is 0.259 e. The van der Waals surface area contributed by atoms with E-state index >= 15 is 0 Å². The first-order valence-corrected chi connectivity index (χ1v) is 11.3. The molecule has 0 amide bonds. The van der Waals surface area contributed by atoms with E-state index in [1.165, 1.54) is 12.1 Å². The Hall–Kier alpha value is -5.17. The van der Waals surface area contributed by atoms with Crippen LogP contribution in [0.15, 0.2) is 120 Å². The number of nitro groups is 1. The van der Waals surface area contributed by atoms with Crippen LogP contribution in [-0.2, 0) is 0 Å². The summed E-state index contributed by atoms with van der Waals surface area (Å²) in [5, 5.41) is 24.4. The standard InChI is InChI=1S/C29H21N5O2/c35-34(36)25-18-16-21(17-19-25)20-30-32-29-27(23-12-6-2-7-13-23)26(22-10-4-1-5-11-22)28(31-33-29)24-14-8-3-9-15-24/h1-20H,(H,32,33)/b30-20+. The Morgan fingerprint density at radius 1 is 0.667 bits per heavy atom. The van der Waals surface area contributed by atoms with E-state index in [-0.39, 0.29) is 5.69 Å². The van der Waals surface area contributed by atoms with Gasteiger partial charge in [0, 0.05) is 28.8 Å². The van der Waals surface area contributed by atoms with Gasteiger partial charge in [-0.3, -0.25) is 15.5 Å². The molecule has 0 atom stereocenters. The number of hydrogen-bond donors (Lipinski definition) is 1. The molecule has 5 aromatic rings. The first-order valence-electron chi connectivity index (χ1n) is 11.3. The molecule has 0 saturated carbocycles. The zero-order chi connectivity index (χ0) is 24.7. The highest BCUT2D eigenvalue weighted by molar-refractivity contribution is 5.97. The third-order valence-electron chi connectivity index (χ3n) is 5.63. The first kappa shape index (κ1) is 22.6. The molecular weight excluding hydrogens is 450 g/mol. The maximum atomic E-state index is 10.9. The molecule has 7 heteroatoms. The molecule has 5 rings (SSSR count). The fraction of sp³-hybridized carbons (Fsp3) is 0. The van der Waals surface area contributed by atoms with E-state index in [9.17, 15) is 10.1 Å². The van der Waals surface area contributed by atoms with Crippen LogP contribution >= 0.6 is 0 Å². The Kier molecular flexibility index (Phi) is 6.53. The summed E-state index contributed by atoms with van der Waals surface area (Å²) < 4.78 is 0. The van der Waals surface area contributed by atoms with Gasteiger partial charge in [0.25, 0.3) is 5.69 Å². The van der Waals surface area contributed by atoms with E-state index in [2.05, 4.69) is 32.9 Å². The molecule has 0 unspecified atom stereocenters. The van der Waals surface area contributed by atoms with Crippen molar-refractivity contribution >= 4 is 17.7 Å². The highest BCUT2D eigenvalue weighted by Gasteiger charge is 2.20. The highest BCUT2D eigenvalue weighted by atomic mass is 16.6. The van der Waals surface area contributed by atoms with Gasteiger partial charge in [0.05, 0.1) is 11.1 Å². The second-order valence-electron chi connectivity index (χ2n) is 7.96. The van der Waals surface area contributed by atoms with Gasteiger partial charge in [-0.2, -0.15) is 5.10 Å². The highest BCUT2D eigenvalue weighted by Crippen LogP contribution is 2.41. The third kappa shape index (κ3) is 4.85. The van der Waals surface area contributed by atoms with Crippen LogP contribution in [0.25, 0.3) is 33.5 Å². The number of aromatic nitrogens is 2. The molecule has 0 spiro atoms. The summed E-state index contributed by atoms with van der Waals surface area (Å²) >= 11 is 0. The lowest BCUT2D eigenvalue weighted by Gasteiger charge is -2.17.